The van der Waals surface area contributed by atoms with E-state index in [1.165, 1.54) is 19.3 Å². The van der Waals surface area contributed by atoms with Crippen molar-refractivity contribution in [1.82, 2.24) is 0 Å². The van der Waals surface area contributed by atoms with Gasteiger partial charge in [0.2, 0.25) is 0 Å². The fourth-order valence-corrected chi connectivity index (χ4v) is 3.79. The molecule has 0 N–H and O–H groups in total. The van der Waals surface area contributed by atoms with E-state index in [-0.39, 0.29) is 10.7 Å². The Bertz CT molecular complexity index is 345. The van der Waals surface area contributed by atoms with Crippen LogP contribution in [0.3, 0.4) is 0 Å². The smallest absolute Gasteiger partial charge is 0.153 e. The largest absolute Gasteiger partial charge is 0.229 e. The van der Waals surface area contributed by atoms with Gasteiger partial charge in [0, 0.05) is 0 Å². The Balaban J connectivity index is 4.05. The second-order valence-corrected chi connectivity index (χ2v) is 10.7. The van der Waals surface area contributed by atoms with Gasteiger partial charge in [0.1, 0.15) is 0 Å². The zero-order chi connectivity index (χ0) is 15.3. The van der Waals surface area contributed by atoms with E-state index in [4.69, 9.17) is 0 Å². The van der Waals surface area contributed by atoms with Gasteiger partial charge < -0.3 is 0 Å². The lowest BCUT2D eigenvalue weighted by atomic mass is 9.86. The number of hydrogen-bond acceptors (Lipinski definition) is 2. The average Bonchev–Trinajstić information content (AvgIpc) is 2.12. The minimum atomic E-state index is -2.92. The number of rotatable bonds is 8. The van der Waals surface area contributed by atoms with Crippen LogP contribution in [-0.4, -0.2) is 19.4 Å². The lowest BCUT2D eigenvalue weighted by Crippen LogP contribution is -2.29. The molecule has 0 spiro atoms. The van der Waals surface area contributed by atoms with E-state index in [2.05, 4.69) is 34.6 Å². The molecule has 3 heteroatoms. The van der Waals surface area contributed by atoms with Crippen LogP contribution in [0.2, 0.25) is 0 Å². The summed E-state index contributed by atoms with van der Waals surface area (Å²) in [6.45, 7) is 14.5. The van der Waals surface area contributed by atoms with Crippen molar-refractivity contribution >= 4 is 9.84 Å². The van der Waals surface area contributed by atoms with Gasteiger partial charge in [-0.15, -0.1) is 0 Å². The van der Waals surface area contributed by atoms with Crippen LogP contribution >= 0.6 is 0 Å². The van der Waals surface area contributed by atoms with E-state index in [1.807, 2.05) is 0 Å². The third kappa shape index (κ3) is 9.48. The molecule has 0 radical (unpaired) electrons. The molecule has 0 unspecified atom stereocenters. The predicted octanol–water partition coefficient (Wildman–Crippen LogP) is 4.83. The van der Waals surface area contributed by atoms with Gasteiger partial charge in [-0.1, -0.05) is 53.9 Å². The van der Waals surface area contributed by atoms with E-state index in [0.717, 1.165) is 12.8 Å². The average molecular weight is 291 g/mol. The van der Waals surface area contributed by atoms with E-state index in [9.17, 15) is 8.42 Å². The maximum Gasteiger partial charge on any atom is 0.153 e. The fraction of sp³-hybridized carbons (Fsp3) is 1.00. The molecule has 0 aliphatic heterocycles. The molecule has 2 nitrogen and oxygen atoms in total. The van der Waals surface area contributed by atoms with Gasteiger partial charge in [0.15, 0.2) is 9.84 Å². The molecule has 19 heavy (non-hydrogen) atoms. The molecule has 0 amide bonds. The molecule has 0 aliphatic carbocycles. The third-order valence-electron chi connectivity index (χ3n) is 3.59. The van der Waals surface area contributed by atoms with Crippen molar-refractivity contribution in [3.63, 3.8) is 0 Å². The van der Waals surface area contributed by atoms with Crippen molar-refractivity contribution in [2.75, 3.05) is 5.75 Å². The zero-order valence-electron chi connectivity index (χ0n) is 14.0. The monoisotopic (exact) mass is 290 g/mol. The molecule has 0 bridgehead atoms. The molecule has 0 atom stereocenters. The molecule has 0 fully saturated rings. The molecule has 0 saturated heterocycles. The number of hydrogen-bond donors (Lipinski definition) is 0. The normalized spacial score (nSPS) is 14.1. The van der Waals surface area contributed by atoms with Gasteiger partial charge >= 0.3 is 0 Å². The van der Waals surface area contributed by atoms with E-state index in [1.54, 1.807) is 13.8 Å². The maximum absolute atomic E-state index is 12.0. The second kappa shape index (κ2) is 7.10. The Morgan fingerprint density at radius 1 is 0.842 bits per heavy atom. The topological polar surface area (TPSA) is 34.1 Å². The van der Waals surface area contributed by atoms with Crippen molar-refractivity contribution in [3.05, 3.63) is 0 Å². The Labute approximate surface area is 121 Å². The molecule has 0 aliphatic rings. The minimum Gasteiger partial charge on any atom is -0.229 e. The van der Waals surface area contributed by atoms with Crippen LogP contribution in [0.1, 0.15) is 80.6 Å². The van der Waals surface area contributed by atoms with Gasteiger partial charge in [0.05, 0.1) is 11.0 Å². The first kappa shape index (κ1) is 18.9. The molecular formula is C16H34O2S. The quantitative estimate of drug-likeness (QED) is 0.600. The van der Waals surface area contributed by atoms with Crippen molar-refractivity contribution in [2.24, 2.45) is 10.8 Å². The van der Waals surface area contributed by atoms with E-state index >= 15 is 0 Å². The van der Waals surface area contributed by atoms with Crippen LogP contribution in [0.4, 0.5) is 0 Å². The molecule has 0 aromatic heterocycles. The predicted molar refractivity (Wildman–Crippen MR) is 85.2 cm³/mol. The summed E-state index contributed by atoms with van der Waals surface area (Å²) < 4.78 is 23.9. The highest BCUT2D eigenvalue weighted by molar-refractivity contribution is 7.92. The Hall–Kier alpha value is -0.0500. The summed E-state index contributed by atoms with van der Waals surface area (Å²) in [5, 5.41) is -0.257. The molecule has 0 aromatic rings. The highest BCUT2D eigenvalue weighted by Crippen LogP contribution is 2.28. The Kier molecular flexibility index (Phi) is 7.08. The molecular weight excluding hydrogens is 256 g/mol. The van der Waals surface area contributed by atoms with Crippen LogP contribution in [-0.2, 0) is 9.84 Å². The van der Waals surface area contributed by atoms with E-state index in [0.29, 0.717) is 11.2 Å². The first-order valence-corrected chi connectivity index (χ1v) is 9.29. The van der Waals surface area contributed by atoms with E-state index < -0.39 is 9.84 Å². The lowest BCUT2D eigenvalue weighted by Gasteiger charge is -2.26. The van der Waals surface area contributed by atoms with Crippen LogP contribution in [0.5, 0.6) is 0 Å². The first-order valence-electron chi connectivity index (χ1n) is 7.57. The SMILES string of the molecule is CC(C)S(=O)(=O)CC(C)(C)CCCCCC(C)(C)C. The van der Waals surface area contributed by atoms with Crippen LogP contribution in [0, 0.1) is 10.8 Å². The van der Waals surface area contributed by atoms with Crippen LogP contribution < -0.4 is 0 Å². The third-order valence-corrected chi connectivity index (χ3v) is 6.21. The van der Waals surface area contributed by atoms with Crippen molar-refractivity contribution < 1.29 is 8.42 Å². The highest BCUT2D eigenvalue weighted by Gasteiger charge is 2.27. The summed E-state index contributed by atoms with van der Waals surface area (Å²) in [4.78, 5) is 0. The van der Waals surface area contributed by atoms with Gasteiger partial charge in [0.25, 0.3) is 0 Å². The van der Waals surface area contributed by atoms with Crippen LogP contribution in [0.15, 0.2) is 0 Å². The summed E-state index contributed by atoms with van der Waals surface area (Å²) in [6, 6.07) is 0. The summed E-state index contributed by atoms with van der Waals surface area (Å²) in [7, 11) is -2.92. The lowest BCUT2D eigenvalue weighted by molar-refractivity contribution is 0.330. The number of sulfone groups is 1. The molecule has 0 saturated carbocycles. The summed E-state index contributed by atoms with van der Waals surface area (Å²) in [5.41, 5.74) is 0.321. The van der Waals surface area contributed by atoms with Gasteiger partial charge in [-0.2, -0.15) is 0 Å². The summed E-state index contributed by atoms with van der Waals surface area (Å²) in [6.07, 6.45) is 5.84. The number of unbranched alkanes of at least 4 members (excludes halogenated alkanes) is 2. The summed E-state index contributed by atoms with van der Waals surface area (Å²) in [5.74, 6) is 0.316. The zero-order valence-corrected chi connectivity index (χ0v) is 14.9. The van der Waals surface area contributed by atoms with Gasteiger partial charge in [-0.25, -0.2) is 8.42 Å². The maximum atomic E-state index is 12.0. The molecule has 0 rings (SSSR count). The molecule has 0 aromatic carbocycles. The van der Waals surface area contributed by atoms with Crippen molar-refractivity contribution in [1.29, 1.82) is 0 Å². The fourth-order valence-electron chi connectivity index (χ4n) is 2.22. The Morgan fingerprint density at radius 2 is 1.32 bits per heavy atom. The highest BCUT2D eigenvalue weighted by atomic mass is 32.2. The molecule has 0 heterocycles. The molecule has 116 valence electrons. The van der Waals surface area contributed by atoms with Crippen LogP contribution in [0.25, 0.3) is 0 Å². The minimum absolute atomic E-state index is 0.0924. The Morgan fingerprint density at radius 3 is 1.74 bits per heavy atom. The van der Waals surface area contributed by atoms with Gasteiger partial charge in [-0.05, 0) is 37.5 Å². The second-order valence-electron chi connectivity index (χ2n) is 8.14. The van der Waals surface area contributed by atoms with Crippen molar-refractivity contribution in [3.8, 4) is 0 Å². The standard InChI is InChI=1S/C16H34O2S/c1-14(2)19(17,18)13-16(6,7)12-10-8-9-11-15(3,4)5/h14H,8-13H2,1-7H3. The first-order chi connectivity index (χ1) is 8.36. The summed E-state index contributed by atoms with van der Waals surface area (Å²) >= 11 is 0. The van der Waals surface area contributed by atoms with Crippen molar-refractivity contribution in [2.45, 2.75) is 85.8 Å². The van der Waals surface area contributed by atoms with Gasteiger partial charge in [-0.3, -0.25) is 0 Å².